The molecule has 0 aliphatic heterocycles. The van der Waals surface area contributed by atoms with E-state index in [2.05, 4.69) is 51.6 Å². The van der Waals surface area contributed by atoms with Gasteiger partial charge in [-0.25, -0.2) is 0 Å². The average Bonchev–Trinajstić information content (AvgIpc) is 2.33. The molecule has 0 spiro atoms. The summed E-state index contributed by atoms with van der Waals surface area (Å²) in [5, 5.41) is 1.61. The van der Waals surface area contributed by atoms with Crippen LogP contribution in [0.15, 0.2) is 30.8 Å². The van der Waals surface area contributed by atoms with Crippen LogP contribution in [-0.4, -0.2) is 8.07 Å². The maximum atomic E-state index is 3.79. The Labute approximate surface area is 95.0 Å². The lowest BCUT2D eigenvalue weighted by atomic mass is 10.2. The van der Waals surface area contributed by atoms with E-state index in [0.717, 1.165) is 0 Å². The Bertz CT molecular complexity index is 298. The summed E-state index contributed by atoms with van der Waals surface area (Å²) >= 11 is 0. The van der Waals surface area contributed by atoms with E-state index >= 15 is 0 Å². The predicted octanol–water partition coefficient (Wildman–Crippen LogP) is 4.05. The lowest BCUT2D eigenvalue weighted by Crippen LogP contribution is -2.45. The second-order valence-electron chi connectivity index (χ2n) is 4.17. The molecule has 82 valence electrons. The van der Waals surface area contributed by atoms with Crippen molar-refractivity contribution >= 4 is 19.3 Å². The van der Waals surface area contributed by atoms with Gasteiger partial charge in [0.05, 0.1) is 8.07 Å². The third kappa shape index (κ3) is 2.40. The Morgan fingerprint density at radius 3 is 1.80 bits per heavy atom. The van der Waals surface area contributed by atoms with Crippen molar-refractivity contribution in [1.29, 1.82) is 0 Å². The molecule has 1 aromatic carbocycles. The van der Waals surface area contributed by atoms with Gasteiger partial charge in [0.1, 0.15) is 0 Å². The molecule has 0 saturated heterocycles. The first-order valence-corrected chi connectivity index (χ1v) is 8.57. The Balaban J connectivity index is 3.06. The number of benzene rings is 1. The molecule has 0 heterocycles. The fraction of sp³-hybridized carbons (Fsp3) is 0.429. The first-order chi connectivity index (χ1) is 7.22. The van der Waals surface area contributed by atoms with Crippen LogP contribution >= 0.6 is 0 Å². The molecular formula is C14H22Si. The first-order valence-electron chi connectivity index (χ1n) is 5.95. The molecule has 0 aliphatic carbocycles. The average molecular weight is 218 g/mol. The van der Waals surface area contributed by atoms with E-state index in [-0.39, 0.29) is 0 Å². The van der Waals surface area contributed by atoms with Crippen molar-refractivity contribution < 1.29 is 0 Å². The van der Waals surface area contributed by atoms with Gasteiger partial charge in [-0.1, -0.05) is 81.0 Å². The molecule has 0 saturated carbocycles. The molecule has 0 fully saturated rings. The van der Waals surface area contributed by atoms with Gasteiger partial charge in [-0.3, -0.25) is 0 Å². The Kier molecular flexibility index (Phi) is 4.34. The molecule has 15 heavy (non-hydrogen) atoms. The third-order valence-corrected chi connectivity index (χ3v) is 9.41. The Morgan fingerprint density at radius 1 is 1.00 bits per heavy atom. The minimum atomic E-state index is -1.16. The highest BCUT2D eigenvalue weighted by Gasteiger charge is 2.28. The van der Waals surface area contributed by atoms with E-state index in [1.165, 1.54) is 23.7 Å². The van der Waals surface area contributed by atoms with E-state index in [1.807, 2.05) is 6.08 Å². The zero-order valence-corrected chi connectivity index (χ0v) is 11.2. The minimum absolute atomic E-state index is 1.16. The molecule has 0 aliphatic rings. The molecule has 0 unspecified atom stereocenters. The largest absolute Gasteiger partial charge is 0.0985 e. The highest BCUT2D eigenvalue weighted by atomic mass is 28.3. The normalized spacial score (nSPS) is 11.4. The molecule has 1 aromatic rings. The highest BCUT2D eigenvalue weighted by molar-refractivity contribution is 6.91. The molecule has 0 atom stereocenters. The molecule has 0 nitrogen and oxygen atoms in total. The van der Waals surface area contributed by atoms with Gasteiger partial charge in [0.25, 0.3) is 0 Å². The van der Waals surface area contributed by atoms with E-state index in [0.29, 0.717) is 0 Å². The van der Waals surface area contributed by atoms with Crippen LogP contribution in [0.2, 0.25) is 18.1 Å². The van der Waals surface area contributed by atoms with Gasteiger partial charge in [0, 0.05) is 0 Å². The van der Waals surface area contributed by atoms with Crippen LogP contribution in [-0.2, 0) is 0 Å². The van der Waals surface area contributed by atoms with Gasteiger partial charge in [-0.15, -0.1) is 0 Å². The zero-order valence-electron chi connectivity index (χ0n) is 10.2. The molecular weight excluding hydrogens is 196 g/mol. The maximum Gasteiger partial charge on any atom is 0.0859 e. The van der Waals surface area contributed by atoms with Crippen molar-refractivity contribution in [1.82, 2.24) is 0 Å². The van der Waals surface area contributed by atoms with Crippen LogP contribution < -0.4 is 5.19 Å². The summed E-state index contributed by atoms with van der Waals surface area (Å²) in [6.45, 7) is 10.8. The van der Waals surface area contributed by atoms with Gasteiger partial charge in [-0.05, 0) is 5.56 Å². The van der Waals surface area contributed by atoms with Gasteiger partial charge in [-0.2, -0.15) is 0 Å². The molecule has 1 heteroatoms. The second kappa shape index (κ2) is 5.31. The van der Waals surface area contributed by atoms with E-state index < -0.39 is 8.07 Å². The van der Waals surface area contributed by atoms with Crippen molar-refractivity contribution in [3.8, 4) is 0 Å². The van der Waals surface area contributed by atoms with Crippen LogP contribution in [0.4, 0.5) is 0 Å². The molecule has 0 aromatic heterocycles. The fourth-order valence-corrected chi connectivity index (χ4v) is 5.93. The number of rotatable bonds is 5. The van der Waals surface area contributed by atoms with E-state index in [1.54, 1.807) is 5.19 Å². The molecule has 0 radical (unpaired) electrons. The molecule has 0 bridgehead atoms. The Morgan fingerprint density at radius 2 is 1.47 bits per heavy atom. The first kappa shape index (κ1) is 12.2. The van der Waals surface area contributed by atoms with Gasteiger partial charge in [0.15, 0.2) is 0 Å². The van der Waals surface area contributed by atoms with Crippen molar-refractivity contribution in [3.63, 3.8) is 0 Å². The predicted molar refractivity (Wildman–Crippen MR) is 73.4 cm³/mol. The highest BCUT2D eigenvalue weighted by Crippen LogP contribution is 2.20. The van der Waals surface area contributed by atoms with Gasteiger partial charge >= 0.3 is 0 Å². The monoisotopic (exact) mass is 218 g/mol. The fourth-order valence-electron chi connectivity index (χ4n) is 2.34. The summed E-state index contributed by atoms with van der Waals surface area (Å²) < 4.78 is 0. The molecule has 1 rings (SSSR count). The summed E-state index contributed by atoms with van der Waals surface area (Å²) in [6.07, 6.45) is 1.91. The topological polar surface area (TPSA) is 0 Å². The van der Waals surface area contributed by atoms with Crippen molar-refractivity contribution in [2.75, 3.05) is 0 Å². The lowest BCUT2D eigenvalue weighted by molar-refractivity contribution is 1.19. The van der Waals surface area contributed by atoms with Crippen molar-refractivity contribution in [2.24, 2.45) is 0 Å². The smallest absolute Gasteiger partial charge is 0.0859 e. The summed E-state index contributed by atoms with van der Waals surface area (Å²) in [4.78, 5) is 0. The van der Waals surface area contributed by atoms with Crippen LogP contribution in [0.3, 0.4) is 0 Å². The van der Waals surface area contributed by atoms with Crippen molar-refractivity contribution in [3.05, 3.63) is 36.4 Å². The summed E-state index contributed by atoms with van der Waals surface area (Å²) in [6, 6.07) is 13.1. The van der Waals surface area contributed by atoms with Gasteiger partial charge in [0.2, 0.25) is 0 Å². The molecule has 0 amide bonds. The SMILES string of the molecule is C=Cc1ccc([Si](CC)(CC)CC)cc1. The third-order valence-electron chi connectivity index (χ3n) is 3.79. The Hall–Kier alpha value is -0.823. The number of hydrogen-bond donors (Lipinski definition) is 0. The maximum absolute atomic E-state index is 3.79. The summed E-state index contributed by atoms with van der Waals surface area (Å²) in [5.74, 6) is 0. The quantitative estimate of drug-likeness (QED) is 0.654. The summed E-state index contributed by atoms with van der Waals surface area (Å²) in [7, 11) is -1.16. The van der Waals surface area contributed by atoms with E-state index in [4.69, 9.17) is 0 Å². The standard InChI is InChI=1S/C14H22Si/c1-5-13-9-11-14(12-10-13)15(6-2,7-3)8-4/h5,9-12H,1,6-8H2,2-4H3. The minimum Gasteiger partial charge on any atom is -0.0985 e. The zero-order chi connectivity index (χ0) is 11.3. The lowest BCUT2D eigenvalue weighted by Gasteiger charge is -2.28. The van der Waals surface area contributed by atoms with Gasteiger partial charge < -0.3 is 0 Å². The van der Waals surface area contributed by atoms with Crippen LogP contribution in [0, 0.1) is 0 Å². The second-order valence-corrected chi connectivity index (χ2v) is 9.43. The molecule has 0 N–H and O–H groups in total. The number of hydrogen-bond acceptors (Lipinski definition) is 0. The van der Waals surface area contributed by atoms with E-state index in [9.17, 15) is 0 Å². The van der Waals surface area contributed by atoms with Crippen LogP contribution in [0.1, 0.15) is 26.3 Å². The van der Waals surface area contributed by atoms with Crippen LogP contribution in [0.25, 0.3) is 6.08 Å². The van der Waals surface area contributed by atoms with Crippen LogP contribution in [0.5, 0.6) is 0 Å². The summed E-state index contributed by atoms with van der Waals surface area (Å²) in [5.41, 5.74) is 1.23. The van der Waals surface area contributed by atoms with Crippen molar-refractivity contribution in [2.45, 2.75) is 38.9 Å².